The molecule has 2 aromatic carbocycles. The number of aryl methyl sites for hydroxylation is 1. The lowest BCUT2D eigenvalue weighted by molar-refractivity contribution is -0.126. The molecule has 0 heterocycles. The van der Waals surface area contributed by atoms with Crippen LogP contribution in [0.5, 0.6) is 11.5 Å². The number of ketones is 1. The van der Waals surface area contributed by atoms with Gasteiger partial charge in [-0.25, -0.2) is 0 Å². The van der Waals surface area contributed by atoms with E-state index in [2.05, 4.69) is 15.5 Å². The second-order valence-electron chi connectivity index (χ2n) is 5.84. The van der Waals surface area contributed by atoms with Crippen LogP contribution >= 0.6 is 23.2 Å². The molecule has 9 heteroatoms. The first-order valence-electron chi connectivity index (χ1n) is 8.16. The summed E-state index contributed by atoms with van der Waals surface area (Å²) in [4.78, 5) is 24.6. The van der Waals surface area contributed by atoms with Crippen LogP contribution in [0.1, 0.15) is 12.5 Å². The van der Waals surface area contributed by atoms with Crippen LogP contribution < -0.4 is 14.8 Å². The number of hydrogen-bond donors (Lipinski definition) is 1. The highest BCUT2D eigenvalue weighted by atomic mass is 35.5. The maximum atomic E-state index is 12.6. The van der Waals surface area contributed by atoms with Crippen molar-refractivity contribution in [3.63, 3.8) is 0 Å². The predicted octanol–water partition coefficient (Wildman–Crippen LogP) is 5.00. The lowest BCUT2D eigenvalue weighted by Crippen LogP contribution is -2.32. The van der Waals surface area contributed by atoms with Crippen molar-refractivity contribution in [2.75, 3.05) is 19.5 Å². The third-order valence-corrected chi connectivity index (χ3v) is 4.34. The molecular weight excluding hydrogens is 405 g/mol. The average Bonchev–Trinajstić information content (AvgIpc) is 2.64. The van der Waals surface area contributed by atoms with Crippen molar-refractivity contribution in [1.82, 2.24) is 0 Å². The molecule has 0 aliphatic carbocycles. The Balaban J connectivity index is 2.29. The fourth-order valence-electron chi connectivity index (χ4n) is 2.33. The lowest BCUT2D eigenvalue weighted by Gasteiger charge is -2.14. The van der Waals surface area contributed by atoms with Gasteiger partial charge >= 0.3 is 0 Å². The maximum Gasteiger partial charge on any atom is 0.258 e. The predicted molar refractivity (Wildman–Crippen MR) is 108 cm³/mol. The minimum absolute atomic E-state index is 0.290. The summed E-state index contributed by atoms with van der Waals surface area (Å²) in [5, 5.41) is 11.4. The van der Waals surface area contributed by atoms with Crippen molar-refractivity contribution in [1.29, 1.82) is 0 Å². The van der Waals surface area contributed by atoms with Gasteiger partial charge in [0.25, 0.3) is 5.91 Å². The van der Waals surface area contributed by atoms with Crippen LogP contribution in [-0.2, 0) is 9.59 Å². The van der Waals surface area contributed by atoms with Gasteiger partial charge in [-0.3, -0.25) is 9.59 Å². The van der Waals surface area contributed by atoms with E-state index in [-0.39, 0.29) is 5.69 Å². The highest BCUT2D eigenvalue weighted by molar-refractivity contribution is 6.32. The van der Waals surface area contributed by atoms with Gasteiger partial charge in [0.05, 0.1) is 30.6 Å². The zero-order valence-electron chi connectivity index (χ0n) is 15.7. The molecule has 1 atom stereocenters. The normalized spacial score (nSPS) is 11.9. The van der Waals surface area contributed by atoms with E-state index in [1.165, 1.54) is 33.3 Å². The molecule has 28 heavy (non-hydrogen) atoms. The summed E-state index contributed by atoms with van der Waals surface area (Å²) in [6, 6.07) is 6.68. The van der Waals surface area contributed by atoms with Crippen molar-refractivity contribution < 1.29 is 19.1 Å². The van der Waals surface area contributed by atoms with Crippen molar-refractivity contribution in [3.05, 3.63) is 45.9 Å². The van der Waals surface area contributed by atoms with Gasteiger partial charge in [0.15, 0.2) is 5.78 Å². The fraction of sp³-hybridized carbons (Fsp3) is 0.263. The number of ether oxygens (including phenoxy) is 2. The van der Waals surface area contributed by atoms with E-state index in [0.717, 1.165) is 5.56 Å². The third kappa shape index (κ3) is 5.21. The average molecular weight is 424 g/mol. The van der Waals surface area contributed by atoms with Gasteiger partial charge in [0.2, 0.25) is 6.04 Å². The highest BCUT2D eigenvalue weighted by Gasteiger charge is 2.25. The summed E-state index contributed by atoms with van der Waals surface area (Å²) >= 11 is 12.0. The molecule has 148 valence electrons. The Labute approximate surface area is 172 Å². The quantitative estimate of drug-likeness (QED) is 0.501. The Morgan fingerprint density at radius 1 is 1.07 bits per heavy atom. The number of nitrogens with zero attached hydrogens (tertiary/aromatic N) is 2. The molecule has 0 saturated carbocycles. The largest absolute Gasteiger partial charge is 0.495 e. The summed E-state index contributed by atoms with van der Waals surface area (Å²) in [6.07, 6.45) is 0. The van der Waals surface area contributed by atoms with Gasteiger partial charge in [-0.1, -0.05) is 23.2 Å². The molecule has 0 spiro atoms. The number of Topliss-reactive ketones (excluding diaryl/α,β-unsaturated/α-hetero) is 1. The number of nitrogens with one attached hydrogen (secondary N) is 1. The summed E-state index contributed by atoms with van der Waals surface area (Å²) < 4.78 is 10.4. The summed E-state index contributed by atoms with van der Waals surface area (Å²) in [5.74, 6) is -0.471. The minimum Gasteiger partial charge on any atom is -0.495 e. The third-order valence-electron chi connectivity index (χ3n) is 3.80. The van der Waals surface area contributed by atoms with E-state index in [0.29, 0.717) is 27.2 Å². The molecule has 0 saturated heterocycles. The number of rotatable bonds is 7. The number of benzene rings is 2. The molecule has 1 unspecified atom stereocenters. The van der Waals surface area contributed by atoms with Crippen LogP contribution in [0, 0.1) is 6.92 Å². The zero-order valence-corrected chi connectivity index (χ0v) is 17.3. The molecule has 1 N–H and O–H groups in total. The van der Waals surface area contributed by atoms with E-state index >= 15 is 0 Å². The van der Waals surface area contributed by atoms with Crippen molar-refractivity contribution >= 4 is 46.3 Å². The second kappa shape index (κ2) is 9.52. The first-order valence-corrected chi connectivity index (χ1v) is 8.92. The molecule has 0 aromatic heterocycles. The molecule has 2 rings (SSSR count). The van der Waals surface area contributed by atoms with Gasteiger partial charge in [0, 0.05) is 17.2 Å². The zero-order chi connectivity index (χ0) is 20.8. The molecule has 0 bridgehead atoms. The van der Waals surface area contributed by atoms with E-state index in [1.807, 2.05) is 0 Å². The molecule has 7 nitrogen and oxygen atoms in total. The number of amides is 1. The molecule has 0 aliphatic heterocycles. The van der Waals surface area contributed by atoms with Crippen LogP contribution in [0.25, 0.3) is 0 Å². The first kappa shape index (κ1) is 21.7. The van der Waals surface area contributed by atoms with Crippen LogP contribution in [0.3, 0.4) is 0 Å². The molecule has 0 aliphatic rings. The molecule has 0 fully saturated rings. The van der Waals surface area contributed by atoms with Crippen LogP contribution in [0.4, 0.5) is 11.4 Å². The second-order valence-corrected chi connectivity index (χ2v) is 6.68. The number of carbonyl (C=O) groups is 2. The fourth-order valence-corrected chi connectivity index (χ4v) is 2.79. The van der Waals surface area contributed by atoms with Gasteiger partial charge in [-0.05, 0) is 37.6 Å². The summed E-state index contributed by atoms with van der Waals surface area (Å²) in [6.45, 7) is 3.06. The topological polar surface area (TPSA) is 89.4 Å². The molecule has 1 amide bonds. The Hall–Kier alpha value is -2.64. The number of halogens is 2. The number of carbonyl (C=O) groups excluding carboxylic acids is 2. The molecular formula is C19H19Cl2N3O4. The monoisotopic (exact) mass is 423 g/mol. The van der Waals surface area contributed by atoms with Gasteiger partial charge in [0.1, 0.15) is 11.5 Å². The van der Waals surface area contributed by atoms with Crippen molar-refractivity contribution in [2.45, 2.75) is 19.9 Å². The summed E-state index contributed by atoms with van der Waals surface area (Å²) in [7, 11) is 2.87. The van der Waals surface area contributed by atoms with Crippen LogP contribution in [-0.4, -0.2) is 32.0 Å². The minimum atomic E-state index is -1.33. The molecule has 2 aromatic rings. The highest BCUT2D eigenvalue weighted by Crippen LogP contribution is 2.36. The van der Waals surface area contributed by atoms with Gasteiger partial charge in [-0.15, -0.1) is 0 Å². The Morgan fingerprint density at radius 3 is 2.32 bits per heavy atom. The molecule has 0 radical (unpaired) electrons. The van der Waals surface area contributed by atoms with Crippen molar-refractivity contribution in [3.8, 4) is 11.5 Å². The lowest BCUT2D eigenvalue weighted by atomic mass is 10.2. The Kier molecular flexibility index (Phi) is 7.37. The SMILES string of the molecule is COc1cc(NC(=O)C(N=Nc2ccc(Cl)cc2C)C(C)=O)c(OC)cc1Cl. The summed E-state index contributed by atoms with van der Waals surface area (Å²) in [5.41, 5.74) is 1.56. The Morgan fingerprint density at radius 2 is 1.75 bits per heavy atom. The maximum absolute atomic E-state index is 12.6. The van der Waals surface area contributed by atoms with Gasteiger partial charge < -0.3 is 14.8 Å². The number of anilines is 1. The van der Waals surface area contributed by atoms with Crippen LogP contribution in [0.15, 0.2) is 40.6 Å². The number of methoxy groups -OCH3 is 2. The van der Waals surface area contributed by atoms with Crippen LogP contribution in [0.2, 0.25) is 10.0 Å². The standard InChI is InChI=1S/C19H19Cl2N3O4/c1-10-7-12(20)5-6-14(10)23-24-18(11(2)25)19(26)22-15-9-16(27-3)13(21)8-17(15)28-4/h5-9,18H,1-4H3,(H,22,26). The van der Waals surface area contributed by atoms with E-state index in [1.54, 1.807) is 25.1 Å². The Bertz CT molecular complexity index is 932. The van der Waals surface area contributed by atoms with E-state index in [4.69, 9.17) is 32.7 Å². The van der Waals surface area contributed by atoms with E-state index in [9.17, 15) is 9.59 Å². The number of azo groups is 1. The van der Waals surface area contributed by atoms with Gasteiger partial charge in [-0.2, -0.15) is 10.2 Å². The smallest absolute Gasteiger partial charge is 0.258 e. The van der Waals surface area contributed by atoms with E-state index < -0.39 is 17.7 Å². The van der Waals surface area contributed by atoms with Crippen molar-refractivity contribution in [2.24, 2.45) is 10.2 Å². The number of hydrogen-bond acceptors (Lipinski definition) is 6. The first-order chi connectivity index (χ1) is 13.3.